The van der Waals surface area contributed by atoms with Gasteiger partial charge in [0.2, 0.25) is 5.91 Å². The minimum atomic E-state index is 0.0251. The van der Waals surface area contributed by atoms with Crippen LogP contribution < -0.4 is 10.2 Å². The molecule has 0 bridgehead atoms. The van der Waals surface area contributed by atoms with Crippen molar-refractivity contribution in [1.29, 1.82) is 0 Å². The van der Waals surface area contributed by atoms with Gasteiger partial charge in [-0.15, -0.1) is 0 Å². The summed E-state index contributed by atoms with van der Waals surface area (Å²) in [5, 5.41) is 2.61. The van der Waals surface area contributed by atoms with Crippen molar-refractivity contribution in [3.63, 3.8) is 0 Å². The molecule has 0 aliphatic rings. The first-order chi connectivity index (χ1) is 7.17. The van der Waals surface area contributed by atoms with E-state index in [4.69, 9.17) is 0 Å². The smallest absolute Gasteiger partial charge is 0.239 e. The highest BCUT2D eigenvalue weighted by Crippen LogP contribution is 2.13. The lowest BCUT2D eigenvalue weighted by Crippen LogP contribution is -2.32. The van der Waals surface area contributed by atoms with Crippen LogP contribution in [0, 0.1) is 0 Å². The lowest BCUT2D eigenvalue weighted by atomic mass is 10.1. The van der Waals surface area contributed by atoms with Gasteiger partial charge in [-0.1, -0.05) is 19.1 Å². The summed E-state index contributed by atoms with van der Waals surface area (Å²) in [6.07, 6.45) is 1.04. The minimum absolute atomic E-state index is 0.0251. The van der Waals surface area contributed by atoms with E-state index in [1.165, 1.54) is 5.56 Å². The summed E-state index contributed by atoms with van der Waals surface area (Å²) in [5.74, 6) is 0.0251. The molecule has 0 saturated heterocycles. The fraction of sp³-hybridized carbons (Fsp3) is 0.417. The van der Waals surface area contributed by atoms with Gasteiger partial charge in [0.1, 0.15) is 0 Å². The Morgan fingerprint density at radius 2 is 1.93 bits per heavy atom. The SMILES string of the molecule is CCc1ccc(N(C)CC(=O)NC)cc1. The van der Waals surface area contributed by atoms with Crippen LogP contribution in [0.15, 0.2) is 24.3 Å². The number of aryl methyl sites for hydroxylation is 1. The molecule has 3 nitrogen and oxygen atoms in total. The van der Waals surface area contributed by atoms with Crippen LogP contribution in [0.4, 0.5) is 5.69 Å². The number of nitrogens with one attached hydrogen (secondary N) is 1. The van der Waals surface area contributed by atoms with E-state index in [0.717, 1.165) is 12.1 Å². The molecule has 15 heavy (non-hydrogen) atoms. The summed E-state index contributed by atoms with van der Waals surface area (Å²) in [6.45, 7) is 2.52. The quantitative estimate of drug-likeness (QED) is 0.808. The van der Waals surface area contributed by atoms with Gasteiger partial charge in [-0.25, -0.2) is 0 Å². The predicted molar refractivity (Wildman–Crippen MR) is 63.2 cm³/mol. The third kappa shape index (κ3) is 3.27. The molecule has 82 valence electrons. The number of hydrogen-bond donors (Lipinski definition) is 1. The number of rotatable bonds is 4. The second-order valence-corrected chi connectivity index (χ2v) is 3.55. The topological polar surface area (TPSA) is 32.3 Å². The third-order valence-corrected chi connectivity index (χ3v) is 2.44. The Morgan fingerprint density at radius 3 is 2.40 bits per heavy atom. The van der Waals surface area contributed by atoms with Crippen LogP contribution in [0.3, 0.4) is 0 Å². The number of likely N-dealkylation sites (N-methyl/N-ethyl adjacent to an activating group) is 2. The Hall–Kier alpha value is -1.51. The molecule has 0 unspecified atom stereocenters. The summed E-state index contributed by atoms with van der Waals surface area (Å²) in [5.41, 5.74) is 2.38. The van der Waals surface area contributed by atoms with E-state index in [9.17, 15) is 4.79 Å². The predicted octanol–water partition coefficient (Wildman–Crippen LogP) is 1.43. The van der Waals surface area contributed by atoms with Crippen molar-refractivity contribution >= 4 is 11.6 Å². The molecule has 0 aliphatic carbocycles. The molecule has 0 heterocycles. The zero-order valence-corrected chi connectivity index (χ0v) is 9.58. The average Bonchev–Trinajstić information content (AvgIpc) is 2.29. The van der Waals surface area contributed by atoms with E-state index in [0.29, 0.717) is 6.54 Å². The summed E-state index contributed by atoms with van der Waals surface area (Å²) in [4.78, 5) is 13.1. The van der Waals surface area contributed by atoms with Crippen LogP contribution in [-0.2, 0) is 11.2 Å². The summed E-state index contributed by atoms with van der Waals surface area (Å²) in [6, 6.07) is 8.27. The second-order valence-electron chi connectivity index (χ2n) is 3.55. The maximum absolute atomic E-state index is 11.2. The molecule has 1 rings (SSSR count). The van der Waals surface area contributed by atoms with E-state index < -0.39 is 0 Å². The van der Waals surface area contributed by atoms with Gasteiger partial charge in [0.25, 0.3) is 0 Å². The maximum atomic E-state index is 11.2. The molecular weight excluding hydrogens is 188 g/mol. The van der Waals surface area contributed by atoms with E-state index in [2.05, 4.69) is 24.4 Å². The molecule has 0 fully saturated rings. The number of hydrogen-bond acceptors (Lipinski definition) is 2. The molecule has 0 spiro atoms. The van der Waals surface area contributed by atoms with Gasteiger partial charge in [0.05, 0.1) is 6.54 Å². The molecule has 0 atom stereocenters. The van der Waals surface area contributed by atoms with Crippen LogP contribution in [0.25, 0.3) is 0 Å². The van der Waals surface area contributed by atoms with Crippen molar-refractivity contribution in [2.24, 2.45) is 0 Å². The molecule has 1 N–H and O–H groups in total. The van der Waals surface area contributed by atoms with Crippen LogP contribution in [0.1, 0.15) is 12.5 Å². The van der Waals surface area contributed by atoms with E-state index >= 15 is 0 Å². The first-order valence-corrected chi connectivity index (χ1v) is 5.18. The van der Waals surface area contributed by atoms with Crippen molar-refractivity contribution in [2.45, 2.75) is 13.3 Å². The normalized spacial score (nSPS) is 9.80. The van der Waals surface area contributed by atoms with Crippen molar-refractivity contribution in [3.05, 3.63) is 29.8 Å². The Morgan fingerprint density at radius 1 is 1.33 bits per heavy atom. The van der Waals surface area contributed by atoms with Crippen molar-refractivity contribution in [1.82, 2.24) is 5.32 Å². The van der Waals surface area contributed by atoms with Crippen LogP contribution in [-0.4, -0.2) is 26.5 Å². The molecule has 1 amide bonds. The van der Waals surface area contributed by atoms with Gasteiger partial charge < -0.3 is 10.2 Å². The number of carbonyl (C=O) groups excluding carboxylic acids is 1. The summed E-state index contributed by atoms with van der Waals surface area (Å²) < 4.78 is 0. The van der Waals surface area contributed by atoms with Crippen molar-refractivity contribution < 1.29 is 4.79 Å². The zero-order valence-electron chi connectivity index (χ0n) is 9.58. The van der Waals surface area contributed by atoms with Crippen molar-refractivity contribution in [3.8, 4) is 0 Å². The van der Waals surface area contributed by atoms with Gasteiger partial charge in [-0.2, -0.15) is 0 Å². The minimum Gasteiger partial charge on any atom is -0.365 e. The monoisotopic (exact) mass is 206 g/mol. The molecular formula is C12H18N2O. The Balaban J connectivity index is 2.65. The molecule has 0 radical (unpaired) electrons. The van der Waals surface area contributed by atoms with Gasteiger partial charge in [0.15, 0.2) is 0 Å². The summed E-state index contributed by atoms with van der Waals surface area (Å²) in [7, 11) is 3.56. The number of amides is 1. The van der Waals surface area contributed by atoms with E-state index in [1.807, 2.05) is 24.1 Å². The lowest BCUT2D eigenvalue weighted by Gasteiger charge is -2.18. The highest BCUT2D eigenvalue weighted by atomic mass is 16.1. The number of anilines is 1. The molecule has 0 aliphatic heterocycles. The number of carbonyl (C=O) groups is 1. The Bertz CT molecular complexity index is 319. The van der Waals surface area contributed by atoms with E-state index in [1.54, 1.807) is 7.05 Å². The Kier molecular flexibility index (Phi) is 4.16. The Labute approximate surface area is 91.1 Å². The van der Waals surface area contributed by atoms with Gasteiger partial charge in [-0.3, -0.25) is 4.79 Å². The number of benzene rings is 1. The second kappa shape index (κ2) is 5.39. The highest BCUT2D eigenvalue weighted by Gasteiger charge is 2.04. The molecule has 0 aromatic heterocycles. The molecule has 3 heteroatoms. The molecule has 0 saturated carbocycles. The molecule has 1 aromatic rings. The summed E-state index contributed by atoms with van der Waals surface area (Å²) >= 11 is 0. The average molecular weight is 206 g/mol. The van der Waals surface area contributed by atoms with E-state index in [-0.39, 0.29) is 5.91 Å². The fourth-order valence-corrected chi connectivity index (χ4v) is 1.37. The lowest BCUT2D eigenvalue weighted by molar-refractivity contribution is -0.119. The van der Waals surface area contributed by atoms with Gasteiger partial charge in [0, 0.05) is 19.8 Å². The maximum Gasteiger partial charge on any atom is 0.239 e. The van der Waals surface area contributed by atoms with Crippen LogP contribution >= 0.6 is 0 Å². The largest absolute Gasteiger partial charge is 0.365 e. The fourth-order valence-electron chi connectivity index (χ4n) is 1.37. The zero-order chi connectivity index (χ0) is 11.3. The van der Waals surface area contributed by atoms with Gasteiger partial charge in [-0.05, 0) is 24.1 Å². The third-order valence-electron chi connectivity index (χ3n) is 2.44. The number of nitrogens with zero attached hydrogens (tertiary/aromatic N) is 1. The highest BCUT2D eigenvalue weighted by molar-refractivity contribution is 5.80. The first-order valence-electron chi connectivity index (χ1n) is 5.18. The van der Waals surface area contributed by atoms with Crippen LogP contribution in [0.5, 0.6) is 0 Å². The van der Waals surface area contributed by atoms with Crippen molar-refractivity contribution in [2.75, 3.05) is 25.5 Å². The molecule has 1 aromatic carbocycles. The first kappa shape index (κ1) is 11.6. The van der Waals surface area contributed by atoms with Gasteiger partial charge >= 0.3 is 0 Å². The van der Waals surface area contributed by atoms with Crippen LogP contribution in [0.2, 0.25) is 0 Å². The standard InChI is InChI=1S/C12H18N2O/c1-4-10-5-7-11(8-6-10)14(3)9-12(15)13-2/h5-8H,4,9H2,1-3H3,(H,13,15).